The van der Waals surface area contributed by atoms with Crippen molar-refractivity contribution in [2.45, 2.75) is 52.0 Å². The highest BCUT2D eigenvalue weighted by Gasteiger charge is 2.27. The highest BCUT2D eigenvalue weighted by Crippen LogP contribution is 2.31. The number of benzene rings is 2. The third-order valence-electron chi connectivity index (χ3n) is 6.40. The van der Waals surface area contributed by atoms with Crippen LogP contribution in [0.25, 0.3) is 22.0 Å². The fraction of sp³-hybridized carbons (Fsp3) is 0.367. The normalized spacial score (nSPS) is 12.4. The molecule has 218 valence electrons. The van der Waals surface area contributed by atoms with E-state index in [1.807, 2.05) is 46.0 Å². The Balaban J connectivity index is 1.61. The topological polar surface area (TPSA) is 111 Å². The first kappa shape index (κ1) is 30.3. The highest BCUT2D eigenvalue weighted by atomic mass is 32.2. The van der Waals surface area contributed by atoms with Gasteiger partial charge in [-0.05, 0) is 57.5 Å². The van der Waals surface area contributed by atoms with Crippen LogP contribution in [0, 0.1) is 5.82 Å². The number of fused-ring (bicyclic) bond motifs is 1. The maximum absolute atomic E-state index is 15.6. The lowest BCUT2D eigenvalue weighted by Gasteiger charge is -2.23. The summed E-state index contributed by atoms with van der Waals surface area (Å²) in [4.78, 5) is 16.3. The summed E-state index contributed by atoms with van der Waals surface area (Å²) in [5.41, 5.74) is 3.36. The fourth-order valence-electron chi connectivity index (χ4n) is 4.25. The number of rotatable bonds is 11. The number of hydrogen-bond donors (Lipinski definition) is 1. The number of carbonyl (C=O) groups is 1. The van der Waals surface area contributed by atoms with Crippen LogP contribution in [0.15, 0.2) is 48.7 Å². The van der Waals surface area contributed by atoms with Gasteiger partial charge in [0.1, 0.15) is 28.5 Å². The fourth-order valence-corrected chi connectivity index (χ4v) is 4.95. The summed E-state index contributed by atoms with van der Waals surface area (Å²) < 4.78 is 48.7. The molecule has 0 bridgehead atoms. The van der Waals surface area contributed by atoms with Crippen molar-refractivity contribution < 1.29 is 27.9 Å². The number of ether oxygens (including phenoxy) is 3. The predicted octanol–water partition coefficient (Wildman–Crippen LogP) is 5.02. The molecule has 4 rings (SSSR count). The number of nitrogens with zero attached hydrogens (tertiary/aromatic N) is 3. The molecule has 0 amide bonds. The second-order valence-corrected chi connectivity index (χ2v) is 12.4. The Morgan fingerprint density at radius 3 is 2.63 bits per heavy atom. The number of esters is 1. The Kier molecular flexibility index (Phi) is 9.52. The zero-order valence-corrected chi connectivity index (χ0v) is 24.9. The number of hydrogen-bond acceptors (Lipinski definition) is 8. The molecule has 0 fully saturated rings. The Morgan fingerprint density at radius 1 is 1.15 bits per heavy atom. The number of aromatic nitrogens is 3. The number of nitrogens with one attached hydrogen (secondary N) is 1. The standard InChI is InChI=1S/C30H35FN4O5S/c1-7-39-28(36)15-20-8-10-21(38-6)16-27(20)40-18-25-23-14-19(9-11-26(23)35(5)34-25)22-12-13-32-24(29(22)31)17-33-41(37)30(2,3)4/h8-14,16,33H,7,15,17-18H2,1-6H3. The van der Waals surface area contributed by atoms with Crippen LogP contribution >= 0.6 is 0 Å². The van der Waals surface area contributed by atoms with E-state index in [4.69, 9.17) is 14.2 Å². The van der Waals surface area contributed by atoms with E-state index in [1.54, 1.807) is 49.2 Å². The van der Waals surface area contributed by atoms with Gasteiger partial charge in [-0.3, -0.25) is 14.5 Å². The van der Waals surface area contributed by atoms with Gasteiger partial charge in [0.2, 0.25) is 0 Å². The SMILES string of the molecule is CCOC(=O)Cc1ccc(OC)cc1OCc1nn(C)c2ccc(-c3ccnc(CN[S+]([O-])C(C)(C)C)c3F)cc12. The van der Waals surface area contributed by atoms with Crippen LogP contribution in [-0.2, 0) is 47.5 Å². The van der Waals surface area contributed by atoms with Crippen molar-refractivity contribution in [1.82, 2.24) is 19.5 Å². The van der Waals surface area contributed by atoms with Crippen LogP contribution in [0.3, 0.4) is 0 Å². The van der Waals surface area contributed by atoms with E-state index in [9.17, 15) is 9.35 Å². The smallest absolute Gasteiger partial charge is 0.310 e. The van der Waals surface area contributed by atoms with Gasteiger partial charge in [0, 0.05) is 47.2 Å². The minimum atomic E-state index is -1.36. The molecule has 1 N–H and O–H groups in total. The summed E-state index contributed by atoms with van der Waals surface area (Å²) in [7, 11) is 3.39. The van der Waals surface area contributed by atoms with E-state index in [1.165, 1.54) is 0 Å². The molecular weight excluding hydrogens is 547 g/mol. The Hall–Kier alpha value is -3.67. The average molecular weight is 583 g/mol. The van der Waals surface area contributed by atoms with E-state index < -0.39 is 21.9 Å². The van der Waals surface area contributed by atoms with Crippen LogP contribution in [0.1, 0.15) is 44.6 Å². The first-order valence-corrected chi connectivity index (χ1v) is 14.4. The molecule has 0 aliphatic carbocycles. The van der Waals surface area contributed by atoms with Crippen LogP contribution in [0.2, 0.25) is 0 Å². The monoisotopic (exact) mass is 582 g/mol. The number of aryl methyl sites for hydroxylation is 1. The maximum atomic E-state index is 15.6. The molecule has 0 saturated heterocycles. The van der Waals surface area contributed by atoms with Gasteiger partial charge < -0.3 is 18.8 Å². The van der Waals surface area contributed by atoms with E-state index in [-0.39, 0.29) is 31.2 Å². The van der Waals surface area contributed by atoms with Crippen molar-refractivity contribution in [1.29, 1.82) is 0 Å². The molecular formula is C30H35FN4O5S. The van der Waals surface area contributed by atoms with Crippen LogP contribution in [0.4, 0.5) is 4.39 Å². The molecule has 41 heavy (non-hydrogen) atoms. The number of pyridine rings is 1. The van der Waals surface area contributed by atoms with Gasteiger partial charge in [-0.15, -0.1) is 4.72 Å². The lowest BCUT2D eigenvalue weighted by atomic mass is 10.0. The average Bonchev–Trinajstić information content (AvgIpc) is 3.25. The molecule has 1 atom stereocenters. The van der Waals surface area contributed by atoms with Gasteiger partial charge in [-0.1, -0.05) is 12.1 Å². The molecule has 9 nitrogen and oxygen atoms in total. The summed E-state index contributed by atoms with van der Waals surface area (Å²) >= 11 is -1.36. The summed E-state index contributed by atoms with van der Waals surface area (Å²) in [5.74, 6) is 0.240. The largest absolute Gasteiger partial charge is 0.598 e. The van der Waals surface area contributed by atoms with Crippen molar-refractivity contribution in [2.24, 2.45) is 7.05 Å². The molecule has 0 saturated carbocycles. The zero-order chi connectivity index (χ0) is 29.7. The van der Waals surface area contributed by atoms with Gasteiger partial charge in [0.05, 0.1) is 37.9 Å². The van der Waals surface area contributed by atoms with Gasteiger partial charge in [-0.2, -0.15) is 5.10 Å². The number of methoxy groups -OCH3 is 1. The first-order chi connectivity index (χ1) is 19.5. The van der Waals surface area contributed by atoms with Crippen molar-refractivity contribution >= 4 is 28.2 Å². The summed E-state index contributed by atoms with van der Waals surface area (Å²) in [5, 5.41) is 5.43. The summed E-state index contributed by atoms with van der Waals surface area (Å²) in [6.07, 6.45) is 1.60. The zero-order valence-electron chi connectivity index (χ0n) is 24.1. The van der Waals surface area contributed by atoms with Crippen molar-refractivity contribution in [2.75, 3.05) is 13.7 Å². The van der Waals surface area contributed by atoms with Gasteiger partial charge in [0.15, 0.2) is 5.82 Å². The molecule has 0 aliphatic rings. The van der Waals surface area contributed by atoms with E-state index in [0.717, 1.165) is 10.9 Å². The Bertz CT molecular complexity index is 1540. The van der Waals surface area contributed by atoms with E-state index >= 15 is 4.39 Å². The molecule has 11 heteroatoms. The molecule has 0 aliphatic heterocycles. The number of halogens is 1. The quantitative estimate of drug-likeness (QED) is 0.194. The maximum Gasteiger partial charge on any atom is 0.310 e. The van der Waals surface area contributed by atoms with Crippen molar-refractivity contribution in [3.63, 3.8) is 0 Å². The van der Waals surface area contributed by atoms with Crippen molar-refractivity contribution in [3.8, 4) is 22.6 Å². The second kappa shape index (κ2) is 12.9. The minimum absolute atomic E-state index is 0.0342. The van der Waals surface area contributed by atoms with E-state index in [2.05, 4.69) is 14.8 Å². The summed E-state index contributed by atoms with van der Waals surface area (Å²) in [6, 6.07) is 12.5. The molecule has 0 spiro atoms. The van der Waals surface area contributed by atoms with Crippen molar-refractivity contribution in [3.05, 3.63) is 71.4 Å². The van der Waals surface area contributed by atoms with Gasteiger partial charge in [0.25, 0.3) is 0 Å². The molecule has 2 aromatic heterocycles. The lowest BCUT2D eigenvalue weighted by molar-refractivity contribution is -0.142. The van der Waals surface area contributed by atoms with Gasteiger partial charge >= 0.3 is 5.97 Å². The second-order valence-electron chi connectivity index (χ2n) is 10.4. The lowest BCUT2D eigenvalue weighted by Crippen LogP contribution is -2.39. The molecule has 4 aromatic rings. The van der Waals surface area contributed by atoms with Crippen LogP contribution < -0.4 is 14.2 Å². The minimum Gasteiger partial charge on any atom is -0.598 e. The third kappa shape index (κ3) is 7.16. The first-order valence-electron chi connectivity index (χ1n) is 13.2. The Labute approximate surface area is 242 Å². The van der Waals surface area contributed by atoms with Crippen LogP contribution in [-0.4, -0.2) is 43.8 Å². The predicted molar refractivity (Wildman–Crippen MR) is 156 cm³/mol. The third-order valence-corrected chi connectivity index (χ3v) is 7.92. The Morgan fingerprint density at radius 2 is 1.93 bits per heavy atom. The van der Waals surface area contributed by atoms with E-state index in [0.29, 0.717) is 40.5 Å². The van der Waals surface area contributed by atoms with Gasteiger partial charge in [-0.25, -0.2) is 4.39 Å². The molecule has 0 radical (unpaired) electrons. The van der Waals surface area contributed by atoms with Crippen LogP contribution in [0.5, 0.6) is 11.5 Å². The number of carbonyl (C=O) groups excluding carboxylic acids is 1. The molecule has 2 aromatic carbocycles. The highest BCUT2D eigenvalue weighted by molar-refractivity contribution is 7.90. The molecule has 2 heterocycles. The molecule has 1 unspecified atom stereocenters. The summed E-state index contributed by atoms with van der Waals surface area (Å²) in [6.45, 7) is 7.72.